The summed E-state index contributed by atoms with van der Waals surface area (Å²) >= 11 is 0. The third kappa shape index (κ3) is 8.73. The van der Waals surface area contributed by atoms with Crippen LogP contribution in [-0.4, -0.2) is 62.2 Å². The summed E-state index contributed by atoms with van der Waals surface area (Å²) in [5.74, 6) is 0. The van der Waals surface area contributed by atoms with E-state index in [1.165, 1.54) is 0 Å². The maximum Gasteiger partial charge on any atom is 0.494 e. The predicted molar refractivity (Wildman–Crippen MR) is 139 cm³/mol. The maximum absolute atomic E-state index is 12.0. The second-order valence-electron chi connectivity index (χ2n) is 11.6. The van der Waals surface area contributed by atoms with E-state index < -0.39 is 11.7 Å². The average Bonchev–Trinajstić information content (AvgIpc) is 3.02. The summed E-state index contributed by atoms with van der Waals surface area (Å²) in [5.41, 5.74) is 0.736. The first-order valence-electron chi connectivity index (χ1n) is 13.1. The van der Waals surface area contributed by atoms with Gasteiger partial charge in [0.05, 0.1) is 30.5 Å². The molecule has 1 aromatic rings. The van der Waals surface area contributed by atoms with Crippen LogP contribution >= 0.6 is 0 Å². The summed E-state index contributed by atoms with van der Waals surface area (Å²) < 4.78 is 35.5. The summed E-state index contributed by atoms with van der Waals surface area (Å²) in [5, 5.41) is 2.80. The lowest BCUT2D eigenvalue weighted by Crippen LogP contribution is -2.41. The fraction of sp³-hybridized carbons (Fsp3) is 0.741. The normalized spacial score (nSPS) is 22.3. The fourth-order valence-electron chi connectivity index (χ4n) is 3.89. The molecule has 1 N–H and O–H groups in total. The van der Waals surface area contributed by atoms with Crippen molar-refractivity contribution in [3.8, 4) is 0 Å². The molecule has 8 nitrogen and oxygen atoms in total. The van der Waals surface area contributed by atoms with Gasteiger partial charge in [0.25, 0.3) is 0 Å². The molecule has 2 heterocycles. The van der Waals surface area contributed by atoms with E-state index in [1.54, 1.807) is 0 Å². The Hall–Kier alpha value is -1.65. The molecule has 0 radical (unpaired) electrons. The molecule has 1 aromatic carbocycles. The Morgan fingerprint density at radius 1 is 1.11 bits per heavy atom. The van der Waals surface area contributed by atoms with Gasteiger partial charge in [0.2, 0.25) is 0 Å². The molecule has 2 aliphatic rings. The van der Waals surface area contributed by atoms with Crippen molar-refractivity contribution in [2.45, 2.75) is 110 Å². The number of alkyl carbamates (subject to hydrolysis) is 1. The molecule has 0 aliphatic carbocycles. The Bertz CT molecular complexity index is 816. The Morgan fingerprint density at radius 2 is 1.78 bits per heavy atom. The first-order chi connectivity index (χ1) is 16.8. The zero-order valence-electron chi connectivity index (χ0n) is 23.1. The lowest BCUT2D eigenvalue weighted by molar-refractivity contribution is -0.181. The summed E-state index contributed by atoms with van der Waals surface area (Å²) in [7, 11) is -0.388. The summed E-state index contributed by atoms with van der Waals surface area (Å²) in [6.45, 7) is 15.7. The topological polar surface area (TPSA) is 84.5 Å². The average molecular weight is 505 g/mol. The second-order valence-corrected chi connectivity index (χ2v) is 11.6. The third-order valence-corrected chi connectivity index (χ3v) is 6.73. The van der Waals surface area contributed by atoms with Gasteiger partial charge in [0.15, 0.2) is 6.29 Å². The van der Waals surface area contributed by atoms with E-state index in [-0.39, 0.29) is 30.7 Å². The Morgan fingerprint density at radius 3 is 2.36 bits per heavy atom. The standard InChI is InChI=1S/C27H44BNO7/c1-25(2,3)34-24(30)29-16-15-22(19-33-23-10-8-9-17-31-23)32-18-20-11-13-21(14-12-20)28-35-26(4,5)27(6,7)36-28/h11-14,22-23H,8-10,15-19H2,1-7H3,(H,29,30)/t22-,23?/m1/s1. The predicted octanol–water partition coefficient (Wildman–Crippen LogP) is 4.33. The van der Waals surface area contributed by atoms with E-state index in [0.29, 0.717) is 26.2 Å². The van der Waals surface area contributed by atoms with Crippen LogP contribution in [0.5, 0.6) is 0 Å². The number of amides is 1. The molecule has 2 atom stereocenters. The summed E-state index contributed by atoms with van der Waals surface area (Å²) in [4.78, 5) is 12.0. The van der Waals surface area contributed by atoms with E-state index in [2.05, 4.69) is 5.32 Å². The zero-order valence-corrected chi connectivity index (χ0v) is 23.1. The Labute approximate surface area is 216 Å². The number of carbonyl (C=O) groups is 1. The van der Waals surface area contributed by atoms with Crippen LogP contribution in [0.15, 0.2) is 24.3 Å². The van der Waals surface area contributed by atoms with Crippen LogP contribution < -0.4 is 10.8 Å². The third-order valence-electron chi connectivity index (χ3n) is 6.73. The lowest BCUT2D eigenvalue weighted by Gasteiger charge is -2.32. The van der Waals surface area contributed by atoms with Crippen LogP contribution in [-0.2, 0) is 34.9 Å². The number of hydrogen-bond donors (Lipinski definition) is 1. The lowest BCUT2D eigenvalue weighted by atomic mass is 9.79. The minimum absolute atomic E-state index is 0.192. The first-order valence-corrected chi connectivity index (χ1v) is 13.1. The molecule has 2 aliphatic heterocycles. The van der Waals surface area contributed by atoms with Crippen molar-refractivity contribution in [2.75, 3.05) is 19.8 Å². The monoisotopic (exact) mass is 505 g/mol. The van der Waals surface area contributed by atoms with E-state index in [0.717, 1.165) is 36.9 Å². The van der Waals surface area contributed by atoms with Gasteiger partial charge >= 0.3 is 13.2 Å². The molecule has 0 spiro atoms. The highest BCUT2D eigenvalue weighted by Gasteiger charge is 2.51. The number of ether oxygens (including phenoxy) is 4. The molecule has 1 amide bonds. The van der Waals surface area contributed by atoms with Crippen molar-refractivity contribution in [1.29, 1.82) is 0 Å². The summed E-state index contributed by atoms with van der Waals surface area (Å²) in [6, 6.07) is 8.10. The van der Waals surface area contributed by atoms with Gasteiger partial charge in [0.1, 0.15) is 5.60 Å². The van der Waals surface area contributed by atoms with Crippen molar-refractivity contribution in [2.24, 2.45) is 0 Å². The summed E-state index contributed by atoms with van der Waals surface area (Å²) in [6.07, 6.45) is 2.83. The molecule has 0 aromatic heterocycles. The van der Waals surface area contributed by atoms with Crippen LogP contribution in [0.1, 0.15) is 79.7 Å². The van der Waals surface area contributed by atoms with Crippen LogP contribution in [0.3, 0.4) is 0 Å². The van der Waals surface area contributed by atoms with Crippen LogP contribution in [0.2, 0.25) is 0 Å². The number of nitrogens with one attached hydrogen (secondary N) is 1. The van der Waals surface area contributed by atoms with E-state index >= 15 is 0 Å². The van der Waals surface area contributed by atoms with Crippen molar-refractivity contribution in [3.05, 3.63) is 29.8 Å². The number of carbonyl (C=O) groups excluding carboxylic acids is 1. The zero-order chi connectivity index (χ0) is 26.4. The van der Waals surface area contributed by atoms with Gasteiger partial charge in [-0.15, -0.1) is 0 Å². The van der Waals surface area contributed by atoms with Gasteiger partial charge in [-0.25, -0.2) is 4.79 Å². The van der Waals surface area contributed by atoms with Gasteiger partial charge < -0.3 is 33.6 Å². The van der Waals surface area contributed by atoms with Gasteiger partial charge in [0, 0.05) is 13.2 Å². The SMILES string of the molecule is CC(C)(C)OC(=O)NCC[C@H](COC1CCCCO1)OCc1ccc(B2OC(C)(C)C(C)(C)O2)cc1. The molecule has 2 saturated heterocycles. The molecule has 3 rings (SSSR count). The van der Waals surface area contributed by atoms with Crippen LogP contribution in [0.4, 0.5) is 4.79 Å². The molecule has 202 valence electrons. The van der Waals surface area contributed by atoms with Crippen molar-refractivity contribution < 1.29 is 33.1 Å². The quantitative estimate of drug-likeness (QED) is 0.474. The van der Waals surface area contributed by atoms with Crippen LogP contribution in [0.25, 0.3) is 0 Å². The van der Waals surface area contributed by atoms with Crippen LogP contribution in [0, 0.1) is 0 Å². The molecular formula is C27H44BNO7. The molecule has 9 heteroatoms. The molecule has 0 bridgehead atoms. The number of benzene rings is 1. The highest BCUT2D eigenvalue weighted by atomic mass is 16.7. The molecule has 2 fully saturated rings. The number of rotatable bonds is 10. The minimum Gasteiger partial charge on any atom is -0.444 e. The first kappa shape index (κ1) is 28.9. The molecule has 1 unspecified atom stereocenters. The maximum atomic E-state index is 12.0. The smallest absolute Gasteiger partial charge is 0.444 e. The van der Waals surface area contributed by atoms with Gasteiger partial charge in [-0.2, -0.15) is 0 Å². The van der Waals surface area contributed by atoms with Gasteiger partial charge in [-0.05, 0) is 85.2 Å². The molecular weight excluding hydrogens is 461 g/mol. The van der Waals surface area contributed by atoms with Gasteiger partial charge in [-0.1, -0.05) is 24.3 Å². The van der Waals surface area contributed by atoms with Crippen molar-refractivity contribution in [3.63, 3.8) is 0 Å². The van der Waals surface area contributed by atoms with E-state index in [1.807, 2.05) is 72.7 Å². The number of hydrogen-bond acceptors (Lipinski definition) is 7. The van der Waals surface area contributed by atoms with E-state index in [9.17, 15) is 4.79 Å². The molecule has 36 heavy (non-hydrogen) atoms. The second kappa shape index (κ2) is 12.3. The van der Waals surface area contributed by atoms with Gasteiger partial charge in [-0.3, -0.25) is 0 Å². The van der Waals surface area contributed by atoms with Crippen molar-refractivity contribution in [1.82, 2.24) is 5.32 Å². The minimum atomic E-state index is -0.534. The molecule has 0 saturated carbocycles. The fourth-order valence-corrected chi connectivity index (χ4v) is 3.89. The largest absolute Gasteiger partial charge is 0.494 e. The van der Waals surface area contributed by atoms with Crippen molar-refractivity contribution >= 4 is 18.7 Å². The Balaban J connectivity index is 1.52. The highest BCUT2D eigenvalue weighted by molar-refractivity contribution is 6.62. The highest BCUT2D eigenvalue weighted by Crippen LogP contribution is 2.36. The Kier molecular flexibility index (Phi) is 9.85. The van der Waals surface area contributed by atoms with E-state index in [4.69, 9.17) is 28.3 Å².